The molecule has 0 saturated carbocycles. The predicted octanol–water partition coefficient (Wildman–Crippen LogP) is 1.55. The molecule has 1 fully saturated rings. The first-order valence-electron chi connectivity index (χ1n) is 5.36. The molecule has 0 aromatic heterocycles. The second kappa shape index (κ2) is 5.95. The van der Waals surface area contributed by atoms with Crippen LogP contribution in [-0.4, -0.2) is 29.0 Å². The Kier molecular flexibility index (Phi) is 4.86. The fraction of sp³-hybridized carbons (Fsp3) is 0.455. The van der Waals surface area contributed by atoms with Crippen LogP contribution in [0, 0.1) is 10.1 Å². The third-order valence-corrected chi connectivity index (χ3v) is 2.84. The number of rotatable bonds is 3. The lowest BCUT2D eigenvalue weighted by molar-refractivity contribution is -0.384. The van der Waals surface area contributed by atoms with E-state index in [1.54, 1.807) is 12.1 Å². The SMILES string of the molecule is Cl.N[C@@H]1CCN(Cc2cccc([N+](=O)[O-])c2)C1. The molecule has 0 aliphatic carbocycles. The highest BCUT2D eigenvalue weighted by Crippen LogP contribution is 2.17. The number of nitro benzene ring substituents is 1. The molecule has 1 saturated heterocycles. The molecule has 0 amide bonds. The molecule has 0 radical (unpaired) electrons. The zero-order valence-corrected chi connectivity index (χ0v) is 10.2. The molecular formula is C11H16ClN3O2. The first-order valence-corrected chi connectivity index (χ1v) is 5.36. The largest absolute Gasteiger partial charge is 0.326 e. The average molecular weight is 258 g/mol. The number of likely N-dealkylation sites (tertiary alicyclic amines) is 1. The fourth-order valence-electron chi connectivity index (χ4n) is 2.03. The third kappa shape index (κ3) is 3.66. The summed E-state index contributed by atoms with van der Waals surface area (Å²) in [5.74, 6) is 0. The second-order valence-electron chi connectivity index (χ2n) is 4.21. The van der Waals surface area contributed by atoms with E-state index in [-0.39, 0.29) is 29.1 Å². The van der Waals surface area contributed by atoms with Gasteiger partial charge < -0.3 is 5.73 Å². The molecule has 0 unspecified atom stereocenters. The Morgan fingerprint density at radius 3 is 2.88 bits per heavy atom. The van der Waals surface area contributed by atoms with Crippen molar-refractivity contribution in [3.8, 4) is 0 Å². The summed E-state index contributed by atoms with van der Waals surface area (Å²) in [6.07, 6.45) is 1.01. The molecule has 5 nitrogen and oxygen atoms in total. The van der Waals surface area contributed by atoms with Gasteiger partial charge in [-0.25, -0.2) is 0 Å². The molecule has 1 atom stereocenters. The van der Waals surface area contributed by atoms with Gasteiger partial charge >= 0.3 is 0 Å². The van der Waals surface area contributed by atoms with Gasteiger partial charge in [0.1, 0.15) is 0 Å². The maximum Gasteiger partial charge on any atom is 0.269 e. The highest BCUT2D eigenvalue weighted by molar-refractivity contribution is 5.85. The van der Waals surface area contributed by atoms with Crippen LogP contribution in [0.15, 0.2) is 24.3 Å². The average Bonchev–Trinajstić information content (AvgIpc) is 2.64. The van der Waals surface area contributed by atoms with E-state index in [9.17, 15) is 10.1 Å². The van der Waals surface area contributed by atoms with Crippen LogP contribution in [-0.2, 0) is 6.54 Å². The van der Waals surface area contributed by atoms with E-state index in [4.69, 9.17) is 5.73 Å². The molecule has 17 heavy (non-hydrogen) atoms. The van der Waals surface area contributed by atoms with Gasteiger partial charge in [-0.15, -0.1) is 12.4 Å². The molecule has 2 N–H and O–H groups in total. The summed E-state index contributed by atoms with van der Waals surface area (Å²) in [5, 5.41) is 10.6. The van der Waals surface area contributed by atoms with Crippen LogP contribution in [0.4, 0.5) is 5.69 Å². The molecule has 1 aromatic rings. The monoisotopic (exact) mass is 257 g/mol. The van der Waals surface area contributed by atoms with Crippen LogP contribution in [0.1, 0.15) is 12.0 Å². The van der Waals surface area contributed by atoms with Gasteiger partial charge in [0, 0.05) is 37.8 Å². The standard InChI is InChI=1S/C11H15N3O2.ClH/c12-10-4-5-13(8-10)7-9-2-1-3-11(6-9)14(15)16;/h1-3,6,10H,4-5,7-8,12H2;1H/t10-;/m1./s1. The number of nitrogens with two attached hydrogens (primary N) is 1. The number of nitro groups is 1. The Balaban J connectivity index is 0.00000144. The van der Waals surface area contributed by atoms with Crippen molar-refractivity contribution in [2.75, 3.05) is 13.1 Å². The summed E-state index contributed by atoms with van der Waals surface area (Å²) >= 11 is 0. The van der Waals surface area contributed by atoms with E-state index in [0.717, 1.165) is 31.6 Å². The lowest BCUT2D eigenvalue weighted by Gasteiger charge is -2.14. The quantitative estimate of drug-likeness (QED) is 0.659. The minimum atomic E-state index is -0.362. The van der Waals surface area contributed by atoms with Gasteiger partial charge in [-0.05, 0) is 12.0 Å². The van der Waals surface area contributed by atoms with Crippen molar-refractivity contribution in [1.82, 2.24) is 4.90 Å². The number of non-ortho nitro benzene ring substituents is 1. The van der Waals surface area contributed by atoms with Crippen LogP contribution >= 0.6 is 12.4 Å². The van der Waals surface area contributed by atoms with Gasteiger partial charge in [0.25, 0.3) is 5.69 Å². The lowest BCUT2D eigenvalue weighted by Crippen LogP contribution is -2.26. The van der Waals surface area contributed by atoms with Crippen molar-refractivity contribution >= 4 is 18.1 Å². The summed E-state index contributed by atoms with van der Waals surface area (Å²) < 4.78 is 0. The van der Waals surface area contributed by atoms with Gasteiger partial charge in [0.2, 0.25) is 0 Å². The third-order valence-electron chi connectivity index (χ3n) is 2.84. The first-order chi connectivity index (χ1) is 7.65. The van der Waals surface area contributed by atoms with Gasteiger partial charge in [0.05, 0.1) is 4.92 Å². The zero-order chi connectivity index (χ0) is 11.5. The van der Waals surface area contributed by atoms with Crippen LogP contribution < -0.4 is 5.73 Å². The number of hydrogen-bond acceptors (Lipinski definition) is 4. The molecular weight excluding hydrogens is 242 g/mol. The van der Waals surface area contributed by atoms with Gasteiger partial charge in [-0.1, -0.05) is 12.1 Å². The summed E-state index contributed by atoms with van der Waals surface area (Å²) in [5.41, 5.74) is 6.94. The van der Waals surface area contributed by atoms with Crippen LogP contribution in [0.2, 0.25) is 0 Å². The smallest absolute Gasteiger partial charge is 0.269 e. The van der Waals surface area contributed by atoms with E-state index in [1.165, 1.54) is 6.07 Å². The lowest BCUT2D eigenvalue weighted by atomic mass is 10.2. The molecule has 1 aromatic carbocycles. The minimum absolute atomic E-state index is 0. The maximum atomic E-state index is 10.6. The van der Waals surface area contributed by atoms with Crippen LogP contribution in [0.25, 0.3) is 0 Å². The molecule has 0 spiro atoms. The summed E-state index contributed by atoms with van der Waals surface area (Å²) in [6, 6.07) is 7.03. The van der Waals surface area contributed by atoms with E-state index in [0.29, 0.717) is 0 Å². The summed E-state index contributed by atoms with van der Waals surface area (Å²) in [7, 11) is 0. The normalized spacial score (nSPS) is 19.9. The Labute approximate surface area is 106 Å². The molecule has 1 aliphatic rings. The number of hydrogen-bond donors (Lipinski definition) is 1. The fourth-order valence-corrected chi connectivity index (χ4v) is 2.03. The number of nitrogens with zero attached hydrogens (tertiary/aromatic N) is 2. The van der Waals surface area contributed by atoms with Crippen LogP contribution in [0.5, 0.6) is 0 Å². The zero-order valence-electron chi connectivity index (χ0n) is 9.41. The Morgan fingerprint density at radius 1 is 1.53 bits per heavy atom. The molecule has 0 bridgehead atoms. The van der Waals surface area contributed by atoms with Crippen molar-refractivity contribution in [2.45, 2.75) is 19.0 Å². The van der Waals surface area contributed by atoms with E-state index >= 15 is 0 Å². The van der Waals surface area contributed by atoms with Crippen molar-refractivity contribution in [3.05, 3.63) is 39.9 Å². The Morgan fingerprint density at radius 2 is 2.29 bits per heavy atom. The number of halogens is 1. The Bertz CT molecular complexity index is 400. The van der Waals surface area contributed by atoms with Crippen molar-refractivity contribution in [3.63, 3.8) is 0 Å². The van der Waals surface area contributed by atoms with Gasteiger partial charge in [0.15, 0.2) is 0 Å². The molecule has 94 valence electrons. The Hall–Kier alpha value is -1.17. The maximum absolute atomic E-state index is 10.6. The highest BCUT2D eigenvalue weighted by Gasteiger charge is 2.19. The van der Waals surface area contributed by atoms with Gasteiger partial charge in [-0.3, -0.25) is 15.0 Å². The van der Waals surface area contributed by atoms with E-state index in [2.05, 4.69) is 4.90 Å². The molecule has 1 heterocycles. The predicted molar refractivity (Wildman–Crippen MR) is 68.2 cm³/mol. The first kappa shape index (κ1) is 13.9. The number of benzene rings is 1. The molecule has 1 aliphatic heterocycles. The second-order valence-corrected chi connectivity index (χ2v) is 4.21. The topological polar surface area (TPSA) is 72.4 Å². The van der Waals surface area contributed by atoms with E-state index < -0.39 is 0 Å². The van der Waals surface area contributed by atoms with Crippen molar-refractivity contribution < 1.29 is 4.92 Å². The summed E-state index contributed by atoms with van der Waals surface area (Å²) in [4.78, 5) is 12.5. The van der Waals surface area contributed by atoms with E-state index in [1.807, 2.05) is 6.07 Å². The van der Waals surface area contributed by atoms with Gasteiger partial charge in [-0.2, -0.15) is 0 Å². The molecule has 2 rings (SSSR count). The summed E-state index contributed by atoms with van der Waals surface area (Å²) in [6.45, 7) is 2.60. The highest BCUT2D eigenvalue weighted by atomic mass is 35.5. The van der Waals surface area contributed by atoms with Crippen LogP contribution in [0.3, 0.4) is 0 Å². The minimum Gasteiger partial charge on any atom is -0.326 e. The molecule has 6 heteroatoms. The van der Waals surface area contributed by atoms with Crippen molar-refractivity contribution in [1.29, 1.82) is 0 Å². The van der Waals surface area contributed by atoms with Crippen molar-refractivity contribution in [2.24, 2.45) is 5.73 Å².